The van der Waals surface area contributed by atoms with Gasteiger partial charge < -0.3 is 9.64 Å². The molecule has 2 saturated heterocycles. The van der Waals surface area contributed by atoms with E-state index in [9.17, 15) is 4.79 Å². The number of carbonyl (C=O) groups excluding carboxylic acids is 1. The van der Waals surface area contributed by atoms with E-state index in [0.717, 1.165) is 43.4 Å². The van der Waals surface area contributed by atoms with Gasteiger partial charge in [-0.1, -0.05) is 12.8 Å². The van der Waals surface area contributed by atoms with Crippen molar-refractivity contribution >= 4 is 17.7 Å². The molecule has 0 N–H and O–H groups in total. The van der Waals surface area contributed by atoms with Crippen LogP contribution in [-0.4, -0.2) is 52.1 Å². The lowest BCUT2D eigenvalue weighted by atomic mass is 9.92. The van der Waals surface area contributed by atoms with Crippen LogP contribution in [0.1, 0.15) is 42.5 Å². The number of nitrogens with zero attached hydrogens (tertiary/aromatic N) is 2. The molecule has 4 nitrogen and oxygen atoms in total. The first-order valence-electron chi connectivity index (χ1n) is 8.69. The highest BCUT2D eigenvalue weighted by molar-refractivity contribution is 8.01. The number of amides is 1. The summed E-state index contributed by atoms with van der Waals surface area (Å²) >= 11 is 2.01. The fourth-order valence-electron chi connectivity index (χ4n) is 4.05. The predicted molar refractivity (Wildman–Crippen MR) is 91.6 cm³/mol. The zero-order valence-corrected chi connectivity index (χ0v) is 14.3. The van der Waals surface area contributed by atoms with Crippen LogP contribution in [0.4, 0.5) is 0 Å². The summed E-state index contributed by atoms with van der Waals surface area (Å²) in [5.41, 5.74) is 0.742. The number of carbonyl (C=O) groups is 1. The Morgan fingerprint density at radius 2 is 2.04 bits per heavy atom. The second-order valence-corrected chi connectivity index (χ2v) is 8.69. The van der Waals surface area contributed by atoms with Crippen molar-refractivity contribution in [2.75, 3.05) is 25.4 Å². The van der Waals surface area contributed by atoms with Gasteiger partial charge in [0, 0.05) is 43.4 Å². The monoisotopic (exact) mass is 332 g/mol. The summed E-state index contributed by atoms with van der Waals surface area (Å²) in [5.74, 6) is 2.01. The standard InChI is InChI=1S/C18H24N2O2S/c21-17(15-5-7-19-8-6-15)20-12-18(13-20)9-16(11-23-18)22-10-14-3-1-2-4-14/h5-8,14,16H,1-4,9-13H2/t16-/m1/s1. The van der Waals surface area contributed by atoms with E-state index in [1.165, 1.54) is 25.7 Å². The molecule has 5 heteroatoms. The Bertz CT molecular complexity index is 553. The lowest BCUT2D eigenvalue weighted by Gasteiger charge is -2.47. The van der Waals surface area contributed by atoms with Crippen molar-refractivity contribution in [1.29, 1.82) is 0 Å². The number of aromatic nitrogens is 1. The third-order valence-corrected chi connectivity index (χ3v) is 6.97. The Hall–Kier alpha value is -1.07. The molecular weight excluding hydrogens is 308 g/mol. The van der Waals surface area contributed by atoms with Gasteiger partial charge in [0.25, 0.3) is 5.91 Å². The van der Waals surface area contributed by atoms with Crippen molar-refractivity contribution in [1.82, 2.24) is 9.88 Å². The van der Waals surface area contributed by atoms with Gasteiger partial charge in [0.2, 0.25) is 0 Å². The topological polar surface area (TPSA) is 42.4 Å². The van der Waals surface area contributed by atoms with Crippen LogP contribution in [0.2, 0.25) is 0 Å². The van der Waals surface area contributed by atoms with Crippen LogP contribution in [0.3, 0.4) is 0 Å². The highest BCUT2D eigenvalue weighted by Crippen LogP contribution is 2.46. The van der Waals surface area contributed by atoms with Gasteiger partial charge in [-0.2, -0.15) is 0 Å². The Labute approximate surface area is 142 Å². The van der Waals surface area contributed by atoms with E-state index in [1.54, 1.807) is 24.5 Å². The molecule has 2 aliphatic heterocycles. The first kappa shape index (κ1) is 15.5. The van der Waals surface area contributed by atoms with Crippen molar-refractivity contribution in [3.8, 4) is 0 Å². The van der Waals surface area contributed by atoms with E-state index in [4.69, 9.17) is 4.74 Å². The van der Waals surface area contributed by atoms with E-state index in [2.05, 4.69) is 4.98 Å². The summed E-state index contributed by atoms with van der Waals surface area (Å²) < 4.78 is 6.42. The fourth-order valence-corrected chi connectivity index (χ4v) is 5.60. The number of pyridine rings is 1. The van der Waals surface area contributed by atoms with Gasteiger partial charge >= 0.3 is 0 Å². The van der Waals surface area contributed by atoms with Crippen LogP contribution in [-0.2, 0) is 4.74 Å². The maximum Gasteiger partial charge on any atom is 0.254 e. The van der Waals surface area contributed by atoms with E-state index in [-0.39, 0.29) is 10.7 Å². The van der Waals surface area contributed by atoms with Crippen molar-refractivity contribution in [3.05, 3.63) is 30.1 Å². The molecule has 3 aliphatic rings. The molecule has 1 atom stereocenters. The van der Waals surface area contributed by atoms with Gasteiger partial charge in [-0.25, -0.2) is 0 Å². The van der Waals surface area contributed by atoms with Crippen LogP contribution in [0.5, 0.6) is 0 Å². The molecule has 1 aromatic rings. The fraction of sp³-hybridized carbons (Fsp3) is 0.667. The van der Waals surface area contributed by atoms with Gasteiger partial charge in [0.05, 0.1) is 10.9 Å². The molecule has 1 aliphatic carbocycles. The summed E-state index contributed by atoms with van der Waals surface area (Å²) in [6.45, 7) is 2.67. The first-order valence-corrected chi connectivity index (χ1v) is 9.68. The molecule has 0 unspecified atom stereocenters. The molecule has 1 amide bonds. The van der Waals surface area contributed by atoms with Crippen LogP contribution in [0.15, 0.2) is 24.5 Å². The van der Waals surface area contributed by atoms with Crippen LogP contribution < -0.4 is 0 Å². The van der Waals surface area contributed by atoms with Crippen LogP contribution in [0.25, 0.3) is 0 Å². The Morgan fingerprint density at radius 3 is 2.78 bits per heavy atom. The lowest BCUT2D eigenvalue weighted by molar-refractivity contribution is 0.0197. The molecule has 0 bridgehead atoms. The minimum Gasteiger partial charge on any atom is -0.377 e. The Kier molecular flexibility index (Phi) is 4.33. The van der Waals surface area contributed by atoms with Crippen molar-refractivity contribution in [3.63, 3.8) is 0 Å². The minimum absolute atomic E-state index is 0.133. The summed E-state index contributed by atoms with van der Waals surface area (Å²) in [6.07, 6.45) is 10.3. The summed E-state index contributed by atoms with van der Waals surface area (Å²) in [4.78, 5) is 18.3. The second kappa shape index (κ2) is 6.44. The average molecular weight is 332 g/mol. The molecule has 1 spiro atoms. The van der Waals surface area contributed by atoms with Gasteiger partial charge in [-0.15, -0.1) is 11.8 Å². The number of hydrogen-bond acceptors (Lipinski definition) is 4. The predicted octanol–water partition coefficient (Wildman–Crippen LogP) is 2.99. The number of rotatable bonds is 4. The zero-order valence-electron chi connectivity index (χ0n) is 13.4. The third kappa shape index (κ3) is 3.26. The Balaban J connectivity index is 1.25. The minimum atomic E-state index is 0.133. The summed E-state index contributed by atoms with van der Waals surface area (Å²) in [6, 6.07) is 3.59. The molecular formula is C18H24N2O2S. The largest absolute Gasteiger partial charge is 0.377 e. The van der Waals surface area contributed by atoms with Gasteiger partial charge in [0.15, 0.2) is 0 Å². The van der Waals surface area contributed by atoms with Crippen molar-refractivity contribution in [2.24, 2.45) is 5.92 Å². The van der Waals surface area contributed by atoms with Crippen molar-refractivity contribution < 1.29 is 9.53 Å². The number of thioether (sulfide) groups is 1. The second-order valence-electron chi connectivity index (χ2n) is 7.20. The molecule has 3 heterocycles. The summed E-state index contributed by atoms with van der Waals surface area (Å²) in [7, 11) is 0. The van der Waals surface area contributed by atoms with Crippen molar-refractivity contribution in [2.45, 2.75) is 43.0 Å². The SMILES string of the molecule is O=C(c1ccncc1)N1CC2(C[C@@H](OCC3CCCC3)CS2)C1. The number of likely N-dealkylation sites (tertiary alicyclic amines) is 1. The van der Waals surface area contributed by atoms with Gasteiger partial charge in [-0.3, -0.25) is 9.78 Å². The van der Waals surface area contributed by atoms with Crippen LogP contribution in [0, 0.1) is 5.92 Å². The van der Waals surface area contributed by atoms with E-state index >= 15 is 0 Å². The highest BCUT2D eigenvalue weighted by Gasteiger charge is 2.51. The smallest absolute Gasteiger partial charge is 0.254 e. The third-order valence-electron chi connectivity index (χ3n) is 5.39. The van der Waals surface area contributed by atoms with E-state index in [0.29, 0.717) is 6.10 Å². The molecule has 0 aromatic carbocycles. The quantitative estimate of drug-likeness (QED) is 0.850. The number of hydrogen-bond donors (Lipinski definition) is 0. The molecule has 1 saturated carbocycles. The Morgan fingerprint density at radius 1 is 1.30 bits per heavy atom. The highest BCUT2D eigenvalue weighted by atomic mass is 32.2. The average Bonchev–Trinajstić information content (AvgIpc) is 3.21. The van der Waals surface area contributed by atoms with Gasteiger partial charge in [0.1, 0.15) is 0 Å². The van der Waals surface area contributed by atoms with Gasteiger partial charge in [-0.05, 0) is 37.3 Å². The van der Waals surface area contributed by atoms with E-state index in [1.807, 2.05) is 16.7 Å². The molecule has 23 heavy (non-hydrogen) atoms. The molecule has 4 rings (SSSR count). The van der Waals surface area contributed by atoms with Crippen LogP contribution >= 0.6 is 11.8 Å². The lowest BCUT2D eigenvalue weighted by Crippen LogP contribution is -2.60. The summed E-state index contributed by atoms with van der Waals surface area (Å²) in [5, 5.41) is 0. The first-order chi connectivity index (χ1) is 11.2. The zero-order chi connectivity index (χ0) is 15.7. The normalized spacial score (nSPS) is 26.6. The molecule has 1 aromatic heterocycles. The maximum absolute atomic E-state index is 12.4. The number of ether oxygens (including phenoxy) is 1. The van der Waals surface area contributed by atoms with E-state index < -0.39 is 0 Å². The molecule has 124 valence electrons. The maximum atomic E-state index is 12.4. The molecule has 0 radical (unpaired) electrons. The molecule has 3 fully saturated rings.